The summed E-state index contributed by atoms with van der Waals surface area (Å²) in [5.74, 6) is 0.780. The van der Waals surface area contributed by atoms with E-state index in [1.54, 1.807) is 44.6 Å². The van der Waals surface area contributed by atoms with E-state index in [1.807, 2.05) is 19.1 Å². The maximum atomic E-state index is 15.3. The third kappa shape index (κ3) is 4.55. The van der Waals surface area contributed by atoms with Crippen LogP contribution in [-0.2, 0) is 4.74 Å². The molecule has 0 unspecified atom stereocenters. The highest BCUT2D eigenvalue weighted by molar-refractivity contribution is 6.29. The number of amides is 1. The Kier molecular flexibility index (Phi) is 5.83. The molecule has 9 heteroatoms. The lowest BCUT2D eigenvalue weighted by molar-refractivity contribution is 0.0111. The molecule has 0 aliphatic carbocycles. The zero-order valence-corrected chi connectivity index (χ0v) is 19.6. The van der Waals surface area contributed by atoms with Crippen molar-refractivity contribution >= 4 is 28.6 Å². The van der Waals surface area contributed by atoms with E-state index in [0.717, 1.165) is 22.0 Å². The molecule has 170 valence electrons. The highest BCUT2D eigenvalue weighted by Gasteiger charge is 2.35. The van der Waals surface area contributed by atoms with E-state index in [2.05, 4.69) is 15.1 Å². The second-order valence-corrected chi connectivity index (χ2v) is 9.64. The van der Waals surface area contributed by atoms with Gasteiger partial charge in [0.1, 0.15) is 22.8 Å². The highest BCUT2D eigenvalue weighted by atomic mass is 35.5. The monoisotopic (exact) mass is 459 g/mol. The minimum atomic E-state index is -1.19. The molecule has 1 amide bonds. The van der Waals surface area contributed by atoms with E-state index in [4.69, 9.17) is 16.3 Å². The number of rotatable bonds is 2. The first-order chi connectivity index (χ1) is 15.0. The van der Waals surface area contributed by atoms with E-state index in [-0.39, 0.29) is 12.5 Å². The third-order valence-electron chi connectivity index (χ3n) is 5.56. The summed E-state index contributed by atoms with van der Waals surface area (Å²) in [5.41, 5.74) is 2.11. The molecule has 0 saturated carbocycles. The van der Waals surface area contributed by atoms with E-state index < -0.39 is 17.9 Å². The van der Waals surface area contributed by atoms with Gasteiger partial charge in [-0.25, -0.2) is 23.8 Å². The Morgan fingerprint density at radius 1 is 1.22 bits per heavy atom. The molecule has 2 atom stereocenters. The van der Waals surface area contributed by atoms with Gasteiger partial charge in [0.05, 0.1) is 18.3 Å². The SMILES string of the molecule is Cc1nc(Cl)cc(-n2ncc3cc(C)c([C@H]4CCN(C(=O)OC(C)(C)C)C[C@H]4F)cc32)n1. The van der Waals surface area contributed by atoms with Crippen LogP contribution in [0.4, 0.5) is 9.18 Å². The largest absolute Gasteiger partial charge is 0.444 e. The average molecular weight is 460 g/mol. The zero-order valence-electron chi connectivity index (χ0n) is 18.9. The van der Waals surface area contributed by atoms with Crippen LogP contribution in [-0.4, -0.2) is 55.6 Å². The molecule has 1 aromatic carbocycles. The van der Waals surface area contributed by atoms with Crippen molar-refractivity contribution in [1.82, 2.24) is 24.6 Å². The number of carbonyl (C=O) groups excluding carboxylic acids is 1. The average Bonchev–Trinajstić information content (AvgIpc) is 3.08. The predicted molar refractivity (Wildman–Crippen MR) is 121 cm³/mol. The van der Waals surface area contributed by atoms with Gasteiger partial charge in [-0.3, -0.25) is 0 Å². The van der Waals surface area contributed by atoms with E-state index in [0.29, 0.717) is 29.8 Å². The number of hydrogen-bond donors (Lipinski definition) is 0. The normalized spacial score (nSPS) is 19.4. The van der Waals surface area contributed by atoms with Gasteiger partial charge in [-0.05, 0) is 64.3 Å². The van der Waals surface area contributed by atoms with E-state index in [1.165, 1.54) is 4.90 Å². The van der Waals surface area contributed by atoms with Crippen molar-refractivity contribution in [1.29, 1.82) is 0 Å². The van der Waals surface area contributed by atoms with Crippen LogP contribution in [0.15, 0.2) is 24.4 Å². The van der Waals surface area contributed by atoms with Crippen molar-refractivity contribution in [3.8, 4) is 5.82 Å². The Labute approximate surface area is 191 Å². The van der Waals surface area contributed by atoms with Gasteiger partial charge in [-0.2, -0.15) is 5.10 Å². The number of halogens is 2. The summed E-state index contributed by atoms with van der Waals surface area (Å²) in [6, 6.07) is 5.64. The zero-order chi connectivity index (χ0) is 23.2. The van der Waals surface area contributed by atoms with Gasteiger partial charge in [0.15, 0.2) is 5.82 Å². The molecule has 1 fully saturated rings. The lowest BCUT2D eigenvalue weighted by atomic mass is 9.85. The Hall–Kier alpha value is -2.74. The number of hydrogen-bond acceptors (Lipinski definition) is 5. The lowest BCUT2D eigenvalue weighted by Crippen LogP contribution is -2.46. The summed E-state index contributed by atoms with van der Waals surface area (Å²) in [4.78, 5) is 22.4. The van der Waals surface area contributed by atoms with Crippen LogP contribution in [0.25, 0.3) is 16.7 Å². The summed E-state index contributed by atoms with van der Waals surface area (Å²) in [6.45, 7) is 9.61. The summed E-state index contributed by atoms with van der Waals surface area (Å²) >= 11 is 6.11. The van der Waals surface area contributed by atoms with Crippen molar-refractivity contribution in [3.63, 3.8) is 0 Å². The molecule has 3 aromatic rings. The number of nitrogens with zero attached hydrogens (tertiary/aromatic N) is 5. The molecule has 0 N–H and O–H groups in total. The fraction of sp³-hybridized carbons (Fsp3) is 0.478. The second-order valence-electron chi connectivity index (χ2n) is 9.26. The number of fused-ring (bicyclic) bond motifs is 1. The number of carbonyl (C=O) groups is 1. The highest BCUT2D eigenvalue weighted by Crippen LogP contribution is 2.35. The lowest BCUT2D eigenvalue weighted by Gasteiger charge is -2.36. The van der Waals surface area contributed by atoms with Crippen LogP contribution in [0, 0.1) is 13.8 Å². The van der Waals surface area contributed by atoms with Gasteiger partial charge in [-0.15, -0.1) is 0 Å². The van der Waals surface area contributed by atoms with Gasteiger partial charge in [0.25, 0.3) is 0 Å². The summed E-state index contributed by atoms with van der Waals surface area (Å²) in [6.07, 6.45) is 0.605. The number of aromatic nitrogens is 4. The van der Waals surface area contributed by atoms with Crippen LogP contribution in [0.1, 0.15) is 50.1 Å². The van der Waals surface area contributed by atoms with Crippen molar-refractivity contribution in [2.24, 2.45) is 0 Å². The Morgan fingerprint density at radius 3 is 2.62 bits per heavy atom. The topological polar surface area (TPSA) is 73.1 Å². The first-order valence-corrected chi connectivity index (χ1v) is 11.0. The molecule has 1 saturated heterocycles. The Bertz CT molecular complexity index is 1150. The maximum absolute atomic E-state index is 15.3. The van der Waals surface area contributed by atoms with Crippen molar-refractivity contribution in [2.45, 2.75) is 58.7 Å². The van der Waals surface area contributed by atoms with E-state index in [9.17, 15) is 4.79 Å². The van der Waals surface area contributed by atoms with Crippen molar-refractivity contribution in [3.05, 3.63) is 46.5 Å². The summed E-state index contributed by atoms with van der Waals surface area (Å²) in [5, 5.41) is 5.73. The Morgan fingerprint density at radius 2 is 1.97 bits per heavy atom. The molecular formula is C23H27ClFN5O2. The number of piperidine rings is 1. The second kappa shape index (κ2) is 8.31. The molecule has 0 bridgehead atoms. The molecule has 0 spiro atoms. The number of likely N-dealkylation sites (tertiary alicyclic amines) is 1. The van der Waals surface area contributed by atoms with Crippen molar-refractivity contribution < 1.29 is 13.9 Å². The van der Waals surface area contributed by atoms with Crippen LogP contribution < -0.4 is 0 Å². The quantitative estimate of drug-likeness (QED) is 0.495. The molecule has 1 aliphatic rings. The predicted octanol–water partition coefficient (Wildman–Crippen LogP) is 5.15. The van der Waals surface area contributed by atoms with Gasteiger partial charge < -0.3 is 9.64 Å². The van der Waals surface area contributed by atoms with Gasteiger partial charge in [0, 0.05) is 23.9 Å². The van der Waals surface area contributed by atoms with Gasteiger partial charge in [0.2, 0.25) is 0 Å². The van der Waals surface area contributed by atoms with Crippen LogP contribution in [0.3, 0.4) is 0 Å². The number of alkyl halides is 1. The summed E-state index contributed by atoms with van der Waals surface area (Å²) in [7, 11) is 0. The molecule has 4 rings (SSSR count). The number of aryl methyl sites for hydroxylation is 2. The molecule has 3 heterocycles. The molecule has 0 radical (unpaired) electrons. The van der Waals surface area contributed by atoms with E-state index >= 15 is 4.39 Å². The minimum Gasteiger partial charge on any atom is -0.444 e. The standard InChI is InChI=1S/C23H27ClFN5O2/c1-13-8-15-11-26-30(21-10-20(24)27-14(2)28-21)19(15)9-17(13)16-6-7-29(12-18(16)25)22(31)32-23(3,4)5/h8-11,16,18H,6-7,12H2,1-5H3/t16-,18-/m1/s1. The molecule has 32 heavy (non-hydrogen) atoms. The smallest absolute Gasteiger partial charge is 0.410 e. The molecular weight excluding hydrogens is 433 g/mol. The van der Waals surface area contributed by atoms with Crippen LogP contribution >= 0.6 is 11.6 Å². The molecule has 2 aromatic heterocycles. The number of ether oxygens (including phenoxy) is 1. The van der Waals surface area contributed by atoms with Crippen LogP contribution in [0.5, 0.6) is 0 Å². The van der Waals surface area contributed by atoms with Crippen LogP contribution in [0.2, 0.25) is 5.15 Å². The third-order valence-corrected chi connectivity index (χ3v) is 5.75. The fourth-order valence-electron chi connectivity index (χ4n) is 4.16. The first-order valence-electron chi connectivity index (χ1n) is 10.6. The number of benzene rings is 1. The Balaban J connectivity index is 1.64. The van der Waals surface area contributed by atoms with Gasteiger partial charge in [-0.1, -0.05) is 11.6 Å². The molecule has 1 aliphatic heterocycles. The maximum Gasteiger partial charge on any atom is 0.410 e. The minimum absolute atomic E-state index is 0.0109. The van der Waals surface area contributed by atoms with Crippen molar-refractivity contribution in [2.75, 3.05) is 13.1 Å². The fourth-order valence-corrected chi connectivity index (χ4v) is 4.38. The van der Waals surface area contributed by atoms with Gasteiger partial charge >= 0.3 is 6.09 Å². The molecule has 7 nitrogen and oxygen atoms in total. The summed E-state index contributed by atoms with van der Waals surface area (Å²) < 4.78 is 22.4. The first kappa shape index (κ1) is 22.5.